The lowest BCUT2D eigenvalue weighted by molar-refractivity contribution is -0.132. The minimum Gasteiger partial charge on any atom is -0.384 e. The van der Waals surface area contributed by atoms with Crippen LogP contribution in [0.25, 0.3) is 0 Å². The smallest absolute Gasteiger partial charge is 0.249 e. The van der Waals surface area contributed by atoms with E-state index >= 15 is 0 Å². The molecule has 0 fully saturated rings. The Labute approximate surface area is 74.6 Å². The number of primary amides is 1. The number of rotatable bonds is 3. The van der Waals surface area contributed by atoms with Crippen LogP contribution in [0.2, 0.25) is 0 Å². The van der Waals surface area contributed by atoms with Gasteiger partial charge in [-0.1, -0.05) is 0 Å². The van der Waals surface area contributed by atoms with Crippen molar-refractivity contribution in [3.05, 3.63) is 18.0 Å². The highest BCUT2D eigenvalue weighted by Crippen LogP contribution is 2.14. The number of aliphatic hydroxyl groups is 2. The van der Waals surface area contributed by atoms with Crippen LogP contribution < -0.4 is 5.73 Å². The number of carbonyl (C=O) groups excluding carboxylic acids is 1. The summed E-state index contributed by atoms with van der Waals surface area (Å²) in [5.74, 6) is -0.964. The number of nitrogens with two attached hydrogens (primary N) is 1. The Kier molecular flexibility index (Phi) is 2.64. The third kappa shape index (κ3) is 1.85. The van der Waals surface area contributed by atoms with Crippen LogP contribution in [0.3, 0.4) is 0 Å². The van der Waals surface area contributed by atoms with Crippen molar-refractivity contribution in [1.29, 1.82) is 0 Å². The third-order valence-electron chi connectivity index (χ3n) is 1.75. The van der Waals surface area contributed by atoms with E-state index in [2.05, 4.69) is 5.10 Å². The maximum absolute atomic E-state index is 10.5. The third-order valence-corrected chi connectivity index (χ3v) is 1.75. The molecule has 0 aliphatic heterocycles. The lowest BCUT2D eigenvalue weighted by Gasteiger charge is -2.14. The minimum absolute atomic E-state index is 0.339. The van der Waals surface area contributed by atoms with Gasteiger partial charge in [-0.15, -0.1) is 0 Å². The summed E-state index contributed by atoms with van der Waals surface area (Å²) in [4.78, 5) is 10.5. The number of nitrogens with zero attached hydrogens (tertiary/aromatic N) is 2. The van der Waals surface area contributed by atoms with Gasteiger partial charge in [0.05, 0.1) is 5.69 Å². The first kappa shape index (κ1) is 9.69. The highest BCUT2D eigenvalue weighted by molar-refractivity contribution is 5.79. The summed E-state index contributed by atoms with van der Waals surface area (Å²) in [7, 11) is 1.59. The van der Waals surface area contributed by atoms with Crippen molar-refractivity contribution < 1.29 is 15.0 Å². The predicted octanol–water partition coefficient (Wildman–Crippen LogP) is -1.70. The molecule has 0 saturated heterocycles. The molecule has 4 N–H and O–H groups in total. The molecule has 6 heteroatoms. The van der Waals surface area contributed by atoms with Gasteiger partial charge in [-0.05, 0) is 6.07 Å². The molecule has 2 unspecified atom stereocenters. The summed E-state index contributed by atoms with van der Waals surface area (Å²) in [5.41, 5.74) is 5.15. The van der Waals surface area contributed by atoms with Gasteiger partial charge in [0.1, 0.15) is 6.10 Å². The van der Waals surface area contributed by atoms with Crippen LogP contribution in [0.5, 0.6) is 0 Å². The van der Waals surface area contributed by atoms with Crippen LogP contribution in [0, 0.1) is 0 Å². The SMILES string of the molecule is Cn1nccc1C(O)C(O)C(N)=O. The number of aliphatic hydroxyl groups excluding tert-OH is 2. The summed E-state index contributed by atoms with van der Waals surface area (Å²) >= 11 is 0. The van der Waals surface area contributed by atoms with Crippen LogP contribution >= 0.6 is 0 Å². The molecule has 0 aliphatic carbocycles. The van der Waals surface area contributed by atoms with Crippen molar-refractivity contribution in [2.75, 3.05) is 0 Å². The normalized spacial score (nSPS) is 15.3. The molecular formula is C7H11N3O3. The van der Waals surface area contributed by atoms with Crippen molar-refractivity contribution in [2.45, 2.75) is 12.2 Å². The van der Waals surface area contributed by atoms with E-state index in [1.807, 2.05) is 0 Å². The van der Waals surface area contributed by atoms with Gasteiger partial charge in [0.2, 0.25) is 5.91 Å². The molecule has 1 aromatic rings. The van der Waals surface area contributed by atoms with Crippen molar-refractivity contribution in [2.24, 2.45) is 12.8 Å². The number of amides is 1. The van der Waals surface area contributed by atoms with Gasteiger partial charge < -0.3 is 15.9 Å². The molecule has 0 aliphatic rings. The van der Waals surface area contributed by atoms with Crippen molar-refractivity contribution in [3.8, 4) is 0 Å². The Morgan fingerprint density at radius 3 is 2.69 bits per heavy atom. The topological polar surface area (TPSA) is 101 Å². The number of carbonyl (C=O) groups is 1. The van der Waals surface area contributed by atoms with Crippen LogP contribution in [0.15, 0.2) is 12.3 Å². The maximum Gasteiger partial charge on any atom is 0.249 e. The first-order valence-corrected chi connectivity index (χ1v) is 3.67. The van der Waals surface area contributed by atoms with Gasteiger partial charge in [0.15, 0.2) is 6.10 Å². The molecule has 0 radical (unpaired) electrons. The van der Waals surface area contributed by atoms with Gasteiger partial charge >= 0.3 is 0 Å². The summed E-state index contributed by atoms with van der Waals surface area (Å²) in [5, 5.41) is 22.3. The summed E-state index contributed by atoms with van der Waals surface area (Å²) in [6.07, 6.45) is -1.48. The van der Waals surface area contributed by atoms with Gasteiger partial charge in [0, 0.05) is 13.2 Å². The van der Waals surface area contributed by atoms with Crippen molar-refractivity contribution in [3.63, 3.8) is 0 Å². The average Bonchev–Trinajstić information content (AvgIpc) is 2.48. The van der Waals surface area contributed by atoms with Gasteiger partial charge in [0.25, 0.3) is 0 Å². The Balaban J connectivity index is 2.85. The van der Waals surface area contributed by atoms with E-state index in [9.17, 15) is 9.90 Å². The summed E-state index contributed by atoms with van der Waals surface area (Å²) < 4.78 is 1.36. The lowest BCUT2D eigenvalue weighted by Crippen LogP contribution is -2.34. The minimum atomic E-state index is -1.60. The fraction of sp³-hybridized carbons (Fsp3) is 0.429. The molecule has 1 heterocycles. The van der Waals surface area contributed by atoms with Gasteiger partial charge in [-0.25, -0.2) is 0 Å². The Morgan fingerprint density at radius 1 is 1.69 bits per heavy atom. The van der Waals surface area contributed by atoms with E-state index in [4.69, 9.17) is 10.8 Å². The molecule has 13 heavy (non-hydrogen) atoms. The summed E-state index contributed by atoms with van der Waals surface area (Å²) in [6, 6.07) is 1.50. The number of hydrogen-bond acceptors (Lipinski definition) is 4. The van der Waals surface area contributed by atoms with Crippen molar-refractivity contribution in [1.82, 2.24) is 9.78 Å². The van der Waals surface area contributed by atoms with E-state index in [0.29, 0.717) is 5.69 Å². The largest absolute Gasteiger partial charge is 0.384 e. The van der Waals surface area contributed by atoms with E-state index < -0.39 is 18.1 Å². The predicted molar refractivity (Wildman–Crippen MR) is 43.4 cm³/mol. The number of hydrogen-bond donors (Lipinski definition) is 3. The fourth-order valence-electron chi connectivity index (χ4n) is 0.992. The van der Waals surface area contributed by atoms with Crippen LogP contribution in [-0.2, 0) is 11.8 Å². The van der Waals surface area contributed by atoms with Crippen LogP contribution in [0.1, 0.15) is 11.8 Å². The maximum atomic E-state index is 10.5. The fourth-order valence-corrected chi connectivity index (χ4v) is 0.992. The second-order valence-corrected chi connectivity index (χ2v) is 2.67. The van der Waals surface area contributed by atoms with E-state index in [-0.39, 0.29) is 0 Å². The zero-order valence-corrected chi connectivity index (χ0v) is 7.08. The first-order valence-electron chi connectivity index (χ1n) is 3.67. The Morgan fingerprint density at radius 2 is 2.31 bits per heavy atom. The number of aromatic nitrogens is 2. The second-order valence-electron chi connectivity index (χ2n) is 2.67. The molecule has 0 spiro atoms. The van der Waals surface area contributed by atoms with Crippen LogP contribution in [-0.4, -0.2) is 32.0 Å². The van der Waals surface area contributed by atoms with E-state index in [1.165, 1.54) is 16.9 Å². The molecule has 0 aromatic carbocycles. The Hall–Kier alpha value is -1.40. The quantitative estimate of drug-likeness (QED) is 0.522. The molecule has 2 atom stereocenters. The zero-order chi connectivity index (χ0) is 10.0. The zero-order valence-electron chi connectivity index (χ0n) is 7.08. The number of aryl methyl sites for hydroxylation is 1. The highest BCUT2D eigenvalue weighted by Gasteiger charge is 2.25. The van der Waals surface area contributed by atoms with Crippen molar-refractivity contribution >= 4 is 5.91 Å². The molecule has 1 amide bonds. The molecular weight excluding hydrogens is 174 g/mol. The standard InChI is InChI=1S/C7H11N3O3/c1-10-4(2-3-9-10)5(11)6(12)7(8)13/h2-3,5-6,11-12H,1H3,(H2,8,13). The molecule has 1 rings (SSSR count). The first-order chi connectivity index (χ1) is 6.04. The van der Waals surface area contributed by atoms with Gasteiger partial charge in [-0.2, -0.15) is 5.10 Å². The molecule has 0 bridgehead atoms. The highest BCUT2D eigenvalue weighted by atomic mass is 16.3. The van der Waals surface area contributed by atoms with E-state index in [1.54, 1.807) is 7.05 Å². The molecule has 0 saturated carbocycles. The lowest BCUT2D eigenvalue weighted by atomic mass is 10.1. The second kappa shape index (κ2) is 3.55. The summed E-state index contributed by atoms with van der Waals surface area (Å²) in [6.45, 7) is 0. The molecule has 72 valence electrons. The monoisotopic (exact) mass is 185 g/mol. The van der Waals surface area contributed by atoms with E-state index in [0.717, 1.165) is 0 Å². The van der Waals surface area contributed by atoms with Crippen LogP contribution in [0.4, 0.5) is 0 Å². The van der Waals surface area contributed by atoms with Gasteiger partial charge in [-0.3, -0.25) is 9.48 Å². The molecule has 6 nitrogen and oxygen atoms in total. The molecule has 1 aromatic heterocycles. The Bertz CT molecular complexity index is 310. The average molecular weight is 185 g/mol.